The van der Waals surface area contributed by atoms with Gasteiger partial charge in [0.2, 0.25) is 0 Å². The van der Waals surface area contributed by atoms with Gasteiger partial charge in [0.05, 0.1) is 6.54 Å². The van der Waals surface area contributed by atoms with Gasteiger partial charge in [0.15, 0.2) is 0 Å². The Balaban J connectivity index is 3.29. The number of hydrogen-bond donors (Lipinski definition) is 2. The van der Waals surface area contributed by atoms with Crippen LogP contribution in [0.5, 0.6) is 0 Å². The first kappa shape index (κ1) is 7.59. The Bertz CT molecular complexity index is 84.4. The monoisotopic (exact) mass is 116 g/mol. The standard InChI is InChI=1S/C5H12N2O/c1-4(2)7-3-5(6)8/h5,8H,3,6H2,1-2H3. The maximum absolute atomic E-state index is 8.47. The summed E-state index contributed by atoms with van der Waals surface area (Å²) in [5.74, 6) is 0. The van der Waals surface area contributed by atoms with Crippen LogP contribution >= 0.6 is 0 Å². The van der Waals surface area contributed by atoms with Crippen LogP contribution in [0.25, 0.3) is 0 Å². The average Bonchev–Trinajstić information content (AvgIpc) is 1.61. The highest BCUT2D eigenvalue weighted by Gasteiger charge is 1.88. The van der Waals surface area contributed by atoms with E-state index in [-0.39, 0.29) is 0 Å². The van der Waals surface area contributed by atoms with Crippen molar-refractivity contribution in [3.63, 3.8) is 0 Å². The summed E-state index contributed by atoms with van der Waals surface area (Å²) in [6.45, 7) is 4.03. The van der Waals surface area contributed by atoms with Gasteiger partial charge in [-0.3, -0.25) is 4.99 Å². The van der Waals surface area contributed by atoms with Crippen molar-refractivity contribution in [3.8, 4) is 0 Å². The molecular weight excluding hydrogens is 104 g/mol. The van der Waals surface area contributed by atoms with E-state index in [0.717, 1.165) is 5.71 Å². The Kier molecular flexibility index (Phi) is 3.39. The molecule has 0 bridgehead atoms. The second-order valence-corrected chi connectivity index (χ2v) is 1.86. The first-order valence-electron chi connectivity index (χ1n) is 2.54. The zero-order valence-electron chi connectivity index (χ0n) is 5.26. The van der Waals surface area contributed by atoms with E-state index in [0.29, 0.717) is 6.54 Å². The summed E-state index contributed by atoms with van der Waals surface area (Å²) in [6.07, 6.45) is -0.801. The van der Waals surface area contributed by atoms with E-state index in [1.165, 1.54) is 0 Å². The van der Waals surface area contributed by atoms with Crippen molar-refractivity contribution in [2.24, 2.45) is 10.7 Å². The van der Waals surface area contributed by atoms with Crippen molar-refractivity contribution in [2.45, 2.75) is 20.1 Å². The Morgan fingerprint density at radius 2 is 2.25 bits per heavy atom. The molecule has 0 heterocycles. The predicted molar refractivity (Wildman–Crippen MR) is 33.8 cm³/mol. The molecule has 3 nitrogen and oxygen atoms in total. The molecule has 0 fully saturated rings. The number of hydrogen-bond acceptors (Lipinski definition) is 3. The second-order valence-electron chi connectivity index (χ2n) is 1.86. The second kappa shape index (κ2) is 3.57. The van der Waals surface area contributed by atoms with Crippen LogP contribution in [0.1, 0.15) is 13.8 Å². The molecule has 1 atom stereocenters. The SMILES string of the molecule is CC(C)=NCC(N)O. The third-order valence-electron chi connectivity index (χ3n) is 0.595. The molecule has 48 valence electrons. The molecule has 0 aliphatic heterocycles. The van der Waals surface area contributed by atoms with E-state index in [4.69, 9.17) is 10.8 Å². The normalized spacial score (nSPS) is 13.0. The number of aliphatic imine (C=N–C) groups is 1. The predicted octanol–water partition coefficient (Wildman–Crippen LogP) is -0.256. The van der Waals surface area contributed by atoms with Crippen LogP contribution in [0.4, 0.5) is 0 Å². The van der Waals surface area contributed by atoms with E-state index in [2.05, 4.69) is 4.99 Å². The molecule has 0 saturated carbocycles. The van der Waals surface area contributed by atoms with Crippen LogP contribution in [0.3, 0.4) is 0 Å². The zero-order chi connectivity index (χ0) is 6.57. The van der Waals surface area contributed by atoms with Crippen molar-refractivity contribution in [3.05, 3.63) is 0 Å². The van der Waals surface area contributed by atoms with E-state index >= 15 is 0 Å². The molecule has 0 radical (unpaired) electrons. The van der Waals surface area contributed by atoms with E-state index in [1.54, 1.807) is 0 Å². The molecule has 0 aromatic rings. The van der Waals surface area contributed by atoms with Gasteiger partial charge < -0.3 is 10.8 Å². The Hall–Kier alpha value is -0.410. The van der Waals surface area contributed by atoms with Crippen LogP contribution in [-0.4, -0.2) is 23.6 Å². The number of aliphatic hydroxyl groups excluding tert-OH is 1. The molecule has 8 heavy (non-hydrogen) atoms. The van der Waals surface area contributed by atoms with Crippen molar-refractivity contribution < 1.29 is 5.11 Å². The Morgan fingerprint density at radius 3 is 2.38 bits per heavy atom. The molecule has 0 aliphatic rings. The van der Waals surface area contributed by atoms with E-state index in [1.807, 2.05) is 13.8 Å². The van der Waals surface area contributed by atoms with Gasteiger partial charge in [-0.05, 0) is 13.8 Å². The molecular formula is C5H12N2O. The molecule has 0 aliphatic carbocycles. The number of nitrogens with two attached hydrogens (primary N) is 1. The number of nitrogens with zero attached hydrogens (tertiary/aromatic N) is 1. The quantitative estimate of drug-likeness (QED) is 0.386. The molecule has 3 heteroatoms. The molecule has 1 unspecified atom stereocenters. The number of rotatable bonds is 2. The third-order valence-corrected chi connectivity index (χ3v) is 0.595. The lowest BCUT2D eigenvalue weighted by atomic mass is 10.5. The van der Waals surface area contributed by atoms with Crippen molar-refractivity contribution >= 4 is 5.71 Å². The average molecular weight is 116 g/mol. The first-order valence-corrected chi connectivity index (χ1v) is 2.54. The van der Waals surface area contributed by atoms with Gasteiger partial charge >= 0.3 is 0 Å². The third kappa shape index (κ3) is 5.59. The van der Waals surface area contributed by atoms with Gasteiger partial charge in [0.1, 0.15) is 6.23 Å². The first-order chi connectivity index (χ1) is 3.63. The summed E-state index contributed by atoms with van der Waals surface area (Å²) in [5, 5.41) is 8.47. The minimum absolute atomic E-state index is 0.308. The highest BCUT2D eigenvalue weighted by molar-refractivity contribution is 5.79. The van der Waals surface area contributed by atoms with Gasteiger partial charge in [-0.25, -0.2) is 0 Å². The minimum Gasteiger partial charge on any atom is -0.377 e. The maximum atomic E-state index is 8.47. The van der Waals surface area contributed by atoms with Crippen LogP contribution in [0, 0.1) is 0 Å². The lowest BCUT2D eigenvalue weighted by Gasteiger charge is -1.96. The molecule has 0 amide bonds. The van der Waals surface area contributed by atoms with Gasteiger partial charge in [-0.1, -0.05) is 0 Å². The van der Waals surface area contributed by atoms with E-state index < -0.39 is 6.23 Å². The Labute approximate surface area is 49.2 Å². The summed E-state index contributed by atoms with van der Waals surface area (Å²) in [5.41, 5.74) is 5.93. The summed E-state index contributed by atoms with van der Waals surface area (Å²) in [7, 11) is 0. The van der Waals surface area contributed by atoms with Gasteiger partial charge in [-0.15, -0.1) is 0 Å². The fourth-order valence-electron chi connectivity index (χ4n) is 0.276. The maximum Gasteiger partial charge on any atom is 0.122 e. The van der Waals surface area contributed by atoms with Crippen molar-refractivity contribution in [1.82, 2.24) is 0 Å². The largest absolute Gasteiger partial charge is 0.377 e. The highest BCUT2D eigenvalue weighted by Crippen LogP contribution is 1.76. The molecule has 3 N–H and O–H groups in total. The smallest absolute Gasteiger partial charge is 0.122 e. The van der Waals surface area contributed by atoms with Crippen LogP contribution < -0.4 is 5.73 Å². The van der Waals surface area contributed by atoms with Gasteiger partial charge in [0.25, 0.3) is 0 Å². The van der Waals surface area contributed by atoms with Gasteiger partial charge in [0, 0.05) is 5.71 Å². The minimum atomic E-state index is -0.801. The summed E-state index contributed by atoms with van der Waals surface area (Å²) >= 11 is 0. The lowest BCUT2D eigenvalue weighted by Crippen LogP contribution is -2.22. The lowest BCUT2D eigenvalue weighted by molar-refractivity contribution is 0.191. The topological polar surface area (TPSA) is 58.6 Å². The fraction of sp³-hybridized carbons (Fsp3) is 0.800. The summed E-state index contributed by atoms with van der Waals surface area (Å²) in [6, 6.07) is 0. The van der Waals surface area contributed by atoms with E-state index in [9.17, 15) is 0 Å². The summed E-state index contributed by atoms with van der Waals surface area (Å²) in [4.78, 5) is 3.87. The molecule has 0 saturated heterocycles. The number of aliphatic hydroxyl groups is 1. The van der Waals surface area contributed by atoms with Crippen LogP contribution in [-0.2, 0) is 0 Å². The van der Waals surface area contributed by atoms with Crippen LogP contribution in [0.15, 0.2) is 4.99 Å². The highest BCUT2D eigenvalue weighted by atomic mass is 16.3. The zero-order valence-corrected chi connectivity index (χ0v) is 5.26. The van der Waals surface area contributed by atoms with Gasteiger partial charge in [-0.2, -0.15) is 0 Å². The molecule has 0 aromatic heterocycles. The Morgan fingerprint density at radius 1 is 1.75 bits per heavy atom. The summed E-state index contributed by atoms with van der Waals surface area (Å²) < 4.78 is 0. The van der Waals surface area contributed by atoms with Crippen molar-refractivity contribution in [2.75, 3.05) is 6.54 Å². The molecule has 0 aromatic carbocycles. The van der Waals surface area contributed by atoms with Crippen LogP contribution in [0.2, 0.25) is 0 Å². The fourth-order valence-corrected chi connectivity index (χ4v) is 0.276. The van der Waals surface area contributed by atoms with Crippen molar-refractivity contribution in [1.29, 1.82) is 0 Å². The molecule has 0 rings (SSSR count). The molecule has 0 spiro atoms.